The van der Waals surface area contributed by atoms with Gasteiger partial charge in [-0.25, -0.2) is 4.79 Å². The number of aromatic carboxylic acids is 1. The Hall–Kier alpha value is -4.10. The van der Waals surface area contributed by atoms with E-state index in [1.807, 2.05) is 30.5 Å². The number of nitriles is 2. The summed E-state index contributed by atoms with van der Waals surface area (Å²) in [5, 5.41) is 31.4. The van der Waals surface area contributed by atoms with Gasteiger partial charge in [0.2, 0.25) is 5.71 Å². The maximum absolute atomic E-state index is 11.4. The van der Waals surface area contributed by atoms with Gasteiger partial charge in [-0.15, -0.1) is 0 Å². The number of hydrogen-bond donors (Lipinski definition) is 3. The number of anilines is 1. The second-order valence-electron chi connectivity index (χ2n) is 5.11. The van der Waals surface area contributed by atoms with Crippen molar-refractivity contribution in [2.75, 3.05) is 5.43 Å². The van der Waals surface area contributed by atoms with E-state index in [0.717, 1.165) is 22.0 Å². The van der Waals surface area contributed by atoms with E-state index in [2.05, 4.69) is 15.5 Å². The molecule has 3 aromatic rings. The number of hydrazone groups is 1. The molecule has 0 amide bonds. The highest BCUT2D eigenvalue weighted by molar-refractivity contribution is 6.10. The van der Waals surface area contributed by atoms with Gasteiger partial charge in [0.15, 0.2) is 0 Å². The predicted octanol–water partition coefficient (Wildman–Crippen LogP) is 3.35. The van der Waals surface area contributed by atoms with Crippen molar-refractivity contribution in [2.45, 2.75) is 0 Å². The van der Waals surface area contributed by atoms with Crippen molar-refractivity contribution in [1.82, 2.24) is 4.98 Å². The zero-order chi connectivity index (χ0) is 17.8. The van der Waals surface area contributed by atoms with Crippen LogP contribution in [0.3, 0.4) is 0 Å². The van der Waals surface area contributed by atoms with E-state index in [-0.39, 0.29) is 11.3 Å². The molecule has 1 aromatic heterocycles. The third-order valence-electron chi connectivity index (χ3n) is 3.66. The lowest BCUT2D eigenvalue weighted by Gasteiger charge is -2.10. The highest BCUT2D eigenvalue weighted by Gasteiger charge is 2.13. The normalized spacial score (nSPS) is 9.84. The van der Waals surface area contributed by atoms with Gasteiger partial charge >= 0.3 is 5.97 Å². The molecule has 0 saturated carbocycles. The average molecular weight is 329 g/mol. The summed E-state index contributed by atoms with van der Waals surface area (Å²) < 4.78 is 0. The van der Waals surface area contributed by atoms with E-state index in [1.54, 1.807) is 24.3 Å². The minimum atomic E-state index is -1.14. The Labute approximate surface area is 142 Å². The topological polar surface area (TPSA) is 125 Å². The smallest absolute Gasteiger partial charge is 0.337 e. The van der Waals surface area contributed by atoms with Crippen molar-refractivity contribution in [1.29, 1.82) is 10.5 Å². The van der Waals surface area contributed by atoms with Crippen LogP contribution in [0.2, 0.25) is 0 Å². The molecule has 2 aromatic carbocycles. The second kappa shape index (κ2) is 6.57. The zero-order valence-corrected chi connectivity index (χ0v) is 12.8. The van der Waals surface area contributed by atoms with E-state index in [9.17, 15) is 9.90 Å². The number of benzene rings is 2. The first-order valence-corrected chi connectivity index (χ1v) is 7.21. The lowest BCUT2D eigenvalue weighted by molar-refractivity contribution is 0.0698. The summed E-state index contributed by atoms with van der Waals surface area (Å²) >= 11 is 0. The summed E-state index contributed by atoms with van der Waals surface area (Å²) in [6.07, 6.45) is 1.83. The van der Waals surface area contributed by atoms with Gasteiger partial charge in [-0.2, -0.15) is 15.6 Å². The first kappa shape index (κ1) is 15.8. The Morgan fingerprint density at radius 2 is 1.96 bits per heavy atom. The molecule has 0 bridgehead atoms. The molecule has 0 fully saturated rings. The Kier molecular flexibility index (Phi) is 4.15. The van der Waals surface area contributed by atoms with Gasteiger partial charge in [-0.1, -0.05) is 18.2 Å². The predicted molar refractivity (Wildman–Crippen MR) is 93.0 cm³/mol. The summed E-state index contributed by atoms with van der Waals surface area (Å²) in [6.45, 7) is 0. The lowest BCUT2D eigenvalue weighted by atomic mass is 9.99. The molecule has 7 nitrogen and oxygen atoms in total. The molecule has 0 spiro atoms. The van der Waals surface area contributed by atoms with Gasteiger partial charge in [-0.05, 0) is 35.4 Å². The van der Waals surface area contributed by atoms with Crippen LogP contribution >= 0.6 is 0 Å². The molecule has 7 heteroatoms. The molecule has 0 aliphatic heterocycles. The fourth-order valence-corrected chi connectivity index (χ4v) is 2.52. The standard InChI is InChI=1S/C18H11N5O2/c19-9-12(10-20)22-23-17-8-11(4-5-15(17)18(24)25)13-2-1-3-16-14(13)6-7-21-16/h1-8,21,23H,(H,24,25). The number of hydrogen-bond acceptors (Lipinski definition) is 5. The molecule has 0 radical (unpaired) electrons. The first-order chi connectivity index (χ1) is 12.1. The highest BCUT2D eigenvalue weighted by Crippen LogP contribution is 2.31. The number of H-pyrrole nitrogens is 1. The summed E-state index contributed by atoms with van der Waals surface area (Å²) in [5.41, 5.74) is 4.96. The SMILES string of the molecule is N#CC(C#N)=NNc1cc(-c2cccc3[nH]ccc23)ccc1C(=O)O. The maximum Gasteiger partial charge on any atom is 0.337 e. The summed E-state index contributed by atoms with van der Waals surface area (Å²) in [5.74, 6) is -1.14. The summed E-state index contributed by atoms with van der Waals surface area (Å²) in [7, 11) is 0. The lowest BCUT2D eigenvalue weighted by Crippen LogP contribution is -2.04. The van der Waals surface area contributed by atoms with Crippen LogP contribution in [0.4, 0.5) is 5.69 Å². The molecule has 25 heavy (non-hydrogen) atoms. The average Bonchev–Trinajstić information content (AvgIpc) is 3.11. The minimum Gasteiger partial charge on any atom is -0.478 e. The van der Waals surface area contributed by atoms with Gasteiger partial charge in [0, 0.05) is 17.1 Å². The fourth-order valence-electron chi connectivity index (χ4n) is 2.52. The van der Waals surface area contributed by atoms with E-state index in [4.69, 9.17) is 10.5 Å². The Morgan fingerprint density at radius 3 is 2.68 bits per heavy atom. The van der Waals surface area contributed by atoms with Crippen molar-refractivity contribution in [2.24, 2.45) is 5.10 Å². The van der Waals surface area contributed by atoms with Crippen LogP contribution in [-0.4, -0.2) is 21.8 Å². The molecule has 0 unspecified atom stereocenters. The van der Waals surface area contributed by atoms with Crippen LogP contribution in [0.5, 0.6) is 0 Å². The van der Waals surface area contributed by atoms with Crippen molar-refractivity contribution in [3.8, 4) is 23.3 Å². The number of carbonyl (C=O) groups is 1. The van der Waals surface area contributed by atoms with Crippen molar-refractivity contribution < 1.29 is 9.90 Å². The van der Waals surface area contributed by atoms with Crippen molar-refractivity contribution in [3.63, 3.8) is 0 Å². The first-order valence-electron chi connectivity index (χ1n) is 7.21. The molecule has 120 valence electrons. The molecule has 1 heterocycles. The molecule has 0 atom stereocenters. The van der Waals surface area contributed by atoms with Gasteiger partial charge in [0.1, 0.15) is 12.1 Å². The molecular weight excluding hydrogens is 318 g/mol. The fraction of sp³-hybridized carbons (Fsp3) is 0. The molecule has 0 aliphatic carbocycles. The number of nitrogens with one attached hydrogen (secondary N) is 2. The number of carboxylic acids is 1. The Morgan fingerprint density at radius 1 is 1.16 bits per heavy atom. The third-order valence-corrected chi connectivity index (χ3v) is 3.66. The van der Waals surface area contributed by atoms with Gasteiger partial charge in [-0.3, -0.25) is 5.43 Å². The second-order valence-corrected chi connectivity index (χ2v) is 5.11. The number of carboxylic acid groups (broad SMARTS) is 1. The van der Waals surface area contributed by atoms with E-state index in [1.165, 1.54) is 6.07 Å². The minimum absolute atomic E-state index is 0.0102. The molecular formula is C18H11N5O2. The highest BCUT2D eigenvalue weighted by atomic mass is 16.4. The number of nitrogens with zero attached hydrogens (tertiary/aromatic N) is 3. The Bertz CT molecular complexity index is 1070. The number of rotatable bonds is 4. The van der Waals surface area contributed by atoms with Crippen LogP contribution in [0.1, 0.15) is 10.4 Å². The zero-order valence-electron chi connectivity index (χ0n) is 12.8. The van der Waals surface area contributed by atoms with Gasteiger partial charge in [0.05, 0.1) is 11.3 Å². The van der Waals surface area contributed by atoms with Gasteiger partial charge in [0.25, 0.3) is 0 Å². The number of aromatic amines is 1. The van der Waals surface area contributed by atoms with E-state index in [0.29, 0.717) is 0 Å². The van der Waals surface area contributed by atoms with Crippen LogP contribution < -0.4 is 5.43 Å². The summed E-state index contributed by atoms with van der Waals surface area (Å²) in [4.78, 5) is 14.5. The van der Waals surface area contributed by atoms with Crippen LogP contribution in [-0.2, 0) is 0 Å². The molecule has 3 rings (SSSR count). The van der Waals surface area contributed by atoms with E-state index >= 15 is 0 Å². The van der Waals surface area contributed by atoms with Crippen molar-refractivity contribution >= 4 is 28.3 Å². The third kappa shape index (κ3) is 3.03. The number of aromatic nitrogens is 1. The monoisotopic (exact) mass is 329 g/mol. The maximum atomic E-state index is 11.4. The van der Waals surface area contributed by atoms with E-state index < -0.39 is 11.7 Å². The summed E-state index contributed by atoms with van der Waals surface area (Å²) in [6, 6.07) is 15.7. The molecule has 0 saturated heterocycles. The Balaban J connectivity index is 2.12. The molecule has 3 N–H and O–H groups in total. The van der Waals surface area contributed by atoms with Crippen molar-refractivity contribution in [3.05, 3.63) is 54.2 Å². The quantitative estimate of drug-likeness (QED) is 0.500. The molecule has 0 aliphatic rings. The van der Waals surface area contributed by atoms with Crippen LogP contribution in [0.15, 0.2) is 53.8 Å². The number of fused-ring (bicyclic) bond motifs is 1. The largest absolute Gasteiger partial charge is 0.478 e. The van der Waals surface area contributed by atoms with Gasteiger partial charge < -0.3 is 10.1 Å². The van der Waals surface area contributed by atoms with Crippen LogP contribution in [0, 0.1) is 22.7 Å². The van der Waals surface area contributed by atoms with Crippen LogP contribution in [0.25, 0.3) is 22.0 Å².